The number of hydrogen-bond acceptors (Lipinski definition) is 2. The Kier molecular flexibility index (Phi) is 2.12. The zero-order valence-corrected chi connectivity index (χ0v) is 8.28. The van der Waals surface area contributed by atoms with E-state index in [1.165, 1.54) is 0 Å². The molecule has 2 aromatic carbocycles. The van der Waals surface area contributed by atoms with E-state index in [4.69, 9.17) is 10.5 Å². The van der Waals surface area contributed by atoms with Crippen LogP contribution in [0.5, 0.6) is 0 Å². The quantitative estimate of drug-likeness (QED) is 0.644. The van der Waals surface area contributed by atoms with Crippen LogP contribution in [0.2, 0.25) is 0 Å². The van der Waals surface area contributed by atoms with Crippen LogP contribution in [0.1, 0.15) is 16.7 Å². The maximum Gasteiger partial charge on any atom is 0.0998 e. The molecule has 70 valence electrons. The van der Waals surface area contributed by atoms with Gasteiger partial charge in [0.15, 0.2) is 0 Å². The normalized spacial score (nSPS) is 9.53. The van der Waals surface area contributed by atoms with E-state index in [0.717, 1.165) is 16.3 Å². The second-order valence-electron chi connectivity index (χ2n) is 3.42. The molecule has 0 aliphatic rings. The lowest BCUT2D eigenvalue weighted by atomic mass is 9.98. The van der Waals surface area contributed by atoms with Crippen molar-refractivity contribution < 1.29 is 0 Å². The van der Waals surface area contributed by atoms with Gasteiger partial charge in [-0.2, -0.15) is 10.5 Å². The van der Waals surface area contributed by atoms with Crippen molar-refractivity contribution in [2.75, 3.05) is 0 Å². The molecule has 15 heavy (non-hydrogen) atoms. The molecule has 0 aromatic heterocycles. The van der Waals surface area contributed by atoms with Crippen molar-refractivity contribution in [2.45, 2.75) is 6.92 Å². The van der Waals surface area contributed by atoms with Gasteiger partial charge in [-0.05, 0) is 36.1 Å². The average Bonchev–Trinajstić information content (AvgIpc) is 2.27. The third kappa shape index (κ3) is 1.43. The molecule has 0 bridgehead atoms. The molecule has 2 rings (SSSR count). The van der Waals surface area contributed by atoms with Gasteiger partial charge in [-0.3, -0.25) is 0 Å². The number of rotatable bonds is 0. The predicted molar refractivity (Wildman–Crippen MR) is 58.1 cm³/mol. The van der Waals surface area contributed by atoms with Gasteiger partial charge in [-0.15, -0.1) is 0 Å². The summed E-state index contributed by atoms with van der Waals surface area (Å²) in [6.07, 6.45) is 0. The third-order valence-electron chi connectivity index (χ3n) is 2.42. The summed E-state index contributed by atoms with van der Waals surface area (Å²) in [5, 5.41) is 19.7. The Morgan fingerprint density at radius 1 is 1.07 bits per heavy atom. The highest BCUT2D eigenvalue weighted by molar-refractivity contribution is 5.91. The minimum absolute atomic E-state index is 0.634. The highest BCUT2D eigenvalue weighted by atomic mass is 14.3. The van der Waals surface area contributed by atoms with E-state index >= 15 is 0 Å². The van der Waals surface area contributed by atoms with E-state index in [9.17, 15) is 0 Å². The zero-order chi connectivity index (χ0) is 10.8. The van der Waals surface area contributed by atoms with Gasteiger partial charge in [0.2, 0.25) is 0 Å². The molecule has 2 nitrogen and oxygen atoms in total. The van der Waals surface area contributed by atoms with Crippen LogP contribution in [0.4, 0.5) is 0 Å². The maximum atomic E-state index is 8.97. The lowest BCUT2D eigenvalue weighted by Crippen LogP contribution is -1.86. The Morgan fingerprint density at radius 3 is 2.53 bits per heavy atom. The van der Waals surface area contributed by atoms with Crippen LogP contribution in [0, 0.1) is 29.6 Å². The van der Waals surface area contributed by atoms with Crippen molar-refractivity contribution in [1.29, 1.82) is 10.5 Å². The van der Waals surface area contributed by atoms with Crippen molar-refractivity contribution >= 4 is 10.8 Å². The van der Waals surface area contributed by atoms with E-state index in [0.29, 0.717) is 11.1 Å². The first-order valence-electron chi connectivity index (χ1n) is 4.60. The average molecular weight is 192 g/mol. The molecule has 0 fully saturated rings. The molecule has 2 aromatic rings. The van der Waals surface area contributed by atoms with Crippen molar-refractivity contribution in [2.24, 2.45) is 0 Å². The standard InChI is InChI=1S/C13H8N2/c1-9-5-10(7-14)6-11-3-2-4-12(8-15)13(9)11/h2-6H,1H3. The van der Waals surface area contributed by atoms with Crippen molar-refractivity contribution in [3.8, 4) is 12.1 Å². The van der Waals surface area contributed by atoms with Gasteiger partial charge in [0.25, 0.3) is 0 Å². The number of nitriles is 2. The van der Waals surface area contributed by atoms with Crippen LogP contribution in [0.3, 0.4) is 0 Å². The summed E-state index contributed by atoms with van der Waals surface area (Å²) < 4.78 is 0. The highest BCUT2D eigenvalue weighted by Gasteiger charge is 2.04. The van der Waals surface area contributed by atoms with Crippen molar-refractivity contribution in [1.82, 2.24) is 0 Å². The molecule has 0 aliphatic heterocycles. The van der Waals surface area contributed by atoms with Gasteiger partial charge in [-0.1, -0.05) is 12.1 Å². The number of nitrogens with zero attached hydrogens (tertiary/aromatic N) is 2. The second-order valence-corrected chi connectivity index (χ2v) is 3.42. The minimum atomic E-state index is 0.634. The third-order valence-corrected chi connectivity index (χ3v) is 2.42. The molecule has 0 radical (unpaired) electrons. The van der Waals surface area contributed by atoms with Crippen molar-refractivity contribution in [3.05, 3.63) is 47.0 Å². The molecular weight excluding hydrogens is 184 g/mol. The summed E-state index contributed by atoms with van der Waals surface area (Å²) in [5.74, 6) is 0. The molecule has 2 heteroatoms. The molecule has 0 saturated carbocycles. The summed E-state index contributed by atoms with van der Waals surface area (Å²) in [6, 6.07) is 13.4. The first-order valence-corrected chi connectivity index (χ1v) is 4.60. The number of hydrogen-bond donors (Lipinski definition) is 0. The molecule has 0 amide bonds. The number of benzene rings is 2. The highest BCUT2D eigenvalue weighted by Crippen LogP contribution is 2.23. The SMILES string of the molecule is Cc1cc(C#N)cc2cccc(C#N)c12. The topological polar surface area (TPSA) is 47.6 Å². The first kappa shape index (κ1) is 9.24. The Bertz CT molecular complexity index is 613. The Hall–Kier alpha value is -2.32. The minimum Gasteiger partial charge on any atom is -0.192 e. The summed E-state index contributed by atoms with van der Waals surface area (Å²) >= 11 is 0. The van der Waals surface area contributed by atoms with Crippen LogP contribution >= 0.6 is 0 Å². The van der Waals surface area contributed by atoms with Gasteiger partial charge in [0.1, 0.15) is 0 Å². The Balaban J connectivity index is 2.94. The molecule has 0 aliphatic carbocycles. The molecule has 0 spiro atoms. The van der Waals surface area contributed by atoms with Gasteiger partial charge < -0.3 is 0 Å². The van der Waals surface area contributed by atoms with Gasteiger partial charge in [0, 0.05) is 5.39 Å². The van der Waals surface area contributed by atoms with Crippen LogP contribution in [0.15, 0.2) is 30.3 Å². The molecule has 0 saturated heterocycles. The lowest BCUT2D eigenvalue weighted by Gasteiger charge is -2.04. The summed E-state index contributed by atoms with van der Waals surface area (Å²) in [6.45, 7) is 1.92. The first-order chi connectivity index (χ1) is 7.26. The van der Waals surface area contributed by atoms with Gasteiger partial charge in [0.05, 0.1) is 23.3 Å². The number of fused-ring (bicyclic) bond motifs is 1. The van der Waals surface area contributed by atoms with Crippen LogP contribution in [-0.2, 0) is 0 Å². The van der Waals surface area contributed by atoms with E-state index in [1.807, 2.05) is 31.2 Å². The predicted octanol–water partition coefficient (Wildman–Crippen LogP) is 2.89. The van der Waals surface area contributed by atoms with Crippen molar-refractivity contribution in [3.63, 3.8) is 0 Å². The van der Waals surface area contributed by atoms with Crippen LogP contribution < -0.4 is 0 Å². The molecule has 0 unspecified atom stereocenters. The maximum absolute atomic E-state index is 8.97. The fraction of sp³-hybridized carbons (Fsp3) is 0.0769. The molecule has 0 atom stereocenters. The molecule has 0 heterocycles. The Labute approximate surface area is 88.0 Å². The fourth-order valence-electron chi connectivity index (χ4n) is 1.80. The summed E-state index contributed by atoms with van der Waals surface area (Å²) in [4.78, 5) is 0. The molecule has 0 N–H and O–H groups in total. The van der Waals surface area contributed by atoms with E-state index in [-0.39, 0.29) is 0 Å². The van der Waals surface area contributed by atoms with E-state index in [2.05, 4.69) is 12.1 Å². The fourth-order valence-corrected chi connectivity index (χ4v) is 1.80. The number of aryl methyl sites for hydroxylation is 1. The largest absolute Gasteiger partial charge is 0.192 e. The van der Waals surface area contributed by atoms with Gasteiger partial charge >= 0.3 is 0 Å². The zero-order valence-electron chi connectivity index (χ0n) is 8.28. The van der Waals surface area contributed by atoms with E-state index < -0.39 is 0 Å². The van der Waals surface area contributed by atoms with E-state index in [1.54, 1.807) is 6.07 Å². The summed E-state index contributed by atoms with van der Waals surface area (Å²) in [7, 11) is 0. The summed E-state index contributed by atoms with van der Waals surface area (Å²) in [5.41, 5.74) is 2.27. The smallest absolute Gasteiger partial charge is 0.0998 e. The van der Waals surface area contributed by atoms with Gasteiger partial charge in [-0.25, -0.2) is 0 Å². The lowest BCUT2D eigenvalue weighted by molar-refractivity contribution is 1.44. The van der Waals surface area contributed by atoms with Crippen LogP contribution in [0.25, 0.3) is 10.8 Å². The Morgan fingerprint density at radius 2 is 1.87 bits per heavy atom. The van der Waals surface area contributed by atoms with Crippen LogP contribution in [-0.4, -0.2) is 0 Å². The monoisotopic (exact) mass is 192 g/mol. The molecular formula is C13H8N2. The second kappa shape index (κ2) is 3.44.